The van der Waals surface area contributed by atoms with Crippen molar-refractivity contribution < 1.29 is 13.6 Å². The monoisotopic (exact) mass is 232 g/mol. The fraction of sp³-hybridized carbons (Fsp3) is 0.909. The first-order valence-electron chi connectivity index (χ1n) is 5.88. The number of piperazine rings is 1. The highest BCUT2D eigenvalue weighted by atomic mass is 19.3. The van der Waals surface area contributed by atoms with Gasteiger partial charge in [0.15, 0.2) is 0 Å². The summed E-state index contributed by atoms with van der Waals surface area (Å²) in [4.78, 5) is 14.7. The number of amides is 1. The fourth-order valence-electron chi connectivity index (χ4n) is 2.71. The second-order valence-corrected chi connectivity index (χ2v) is 4.71. The summed E-state index contributed by atoms with van der Waals surface area (Å²) in [6.45, 7) is 3.86. The van der Waals surface area contributed by atoms with Crippen LogP contribution in [0.25, 0.3) is 0 Å². The van der Waals surface area contributed by atoms with Crippen LogP contribution < -0.4 is 0 Å². The van der Waals surface area contributed by atoms with Gasteiger partial charge in [0.2, 0.25) is 5.91 Å². The predicted molar refractivity (Wildman–Crippen MR) is 56.4 cm³/mol. The Balaban J connectivity index is 1.92. The molecule has 0 aromatic heterocycles. The Morgan fingerprint density at radius 1 is 1.25 bits per heavy atom. The molecule has 0 aromatic rings. The van der Waals surface area contributed by atoms with E-state index < -0.39 is 12.0 Å². The van der Waals surface area contributed by atoms with Crippen LogP contribution in [0.3, 0.4) is 0 Å². The van der Waals surface area contributed by atoms with Crippen molar-refractivity contribution in [3.05, 3.63) is 0 Å². The maximum absolute atomic E-state index is 13.5. The summed E-state index contributed by atoms with van der Waals surface area (Å²) < 4.78 is 27.1. The molecular weight excluding hydrogens is 214 g/mol. The standard InChI is InChI=1S/C11H18F2N2O/c1-9(16)14-5-7-15(8-6-14)10-3-2-4-11(10,12)13/h10H,2-8H2,1H3. The molecule has 0 aromatic carbocycles. The van der Waals surface area contributed by atoms with E-state index in [4.69, 9.17) is 0 Å². The number of hydrogen-bond acceptors (Lipinski definition) is 2. The van der Waals surface area contributed by atoms with Crippen molar-refractivity contribution in [1.82, 2.24) is 9.80 Å². The second-order valence-electron chi connectivity index (χ2n) is 4.71. The van der Waals surface area contributed by atoms with Gasteiger partial charge < -0.3 is 4.90 Å². The molecule has 1 aliphatic heterocycles. The number of carbonyl (C=O) groups is 1. The van der Waals surface area contributed by atoms with Gasteiger partial charge in [0.1, 0.15) is 0 Å². The van der Waals surface area contributed by atoms with E-state index in [2.05, 4.69) is 0 Å². The number of nitrogens with zero attached hydrogens (tertiary/aromatic N) is 2. The molecule has 1 heterocycles. The van der Waals surface area contributed by atoms with Gasteiger partial charge in [0.05, 0.1) is 6.04 Å². The molecule has 0 bridgehead atoms. The largest absolute Gasteiger partial charge is 0.340 e. The number of carbonyl (C=O) groups excluding carboxylic acids is 1. The molecule has 2 aliphatic rings. The predicted octanol–water partition coefficient (Wildman–Crippen LogP) is 1.34. The van der Waals surface area contributed by atoms with E-state index in [-0.39, 0.29) is 12.3 Å². The Morgan fingerprint density at radius 2 is 1.88 bits per heavy atom. The molecule has 2 rings (SSSR count). The molecule has 1 unspecified atom stereocenters. The molecule has 0 N–H and O–H groups in total. The van der Waals surface area contributed by atoms with Gasteiger partial charge in [-0.05, 0) is 12.8 Å². The quantitative estimate of drug-likeness (QED) is 0.681. The first kappa shape index (κ1) is 11.8. The van der Waals surface area contributed by atoms with E-state index in [9.17, 15) is 13.6 Å². The number of alkyl halides is 2. The molecular formula is C11H18F2N2O. The lowest BCUT2D eigenvalue weighted by Crippen LogP contribution is -2.54. The minimum atomic E-state index is -2.53. The Morgan fingerprint density at radius 3 is 2.31 bits per heavy atom. The molecule has 1 amide bonds. The van der Waals surface area contributed by atoms with Gasteiger partial charge in [0, 0.05) is 39.5 Å². The summed E-state index contributed by atoms with van der Waals surface area (Å²) >= 11 is 0. The van der Waals surface area contributed by atoms with E-state index >= 15 is 0 Å². The maximum atomic E-state index is 13.5. The van der Waals surface area contributed by atoms with E-state index in [0.29, 0.717) is 39.0 Å². The van der Waals surface area contributed by atoms with E-state index in [0.717, 1.165) is 0 Å². The Labute approximate surface area is 94.4 Å². The van der Waals surface area contributed by atoms with Gasteiger partial charge in [-0.15, -0.1) is 0 Å². The molecule has 1 saturated heterocycles. The first-order chi connectivity index (χ1) is 7.50. The van der Waals surface area contributed by atoms with Crippen LogP contribution in [0.2, 0.25) is 0 Å². The number of halogens is 2. The molecule has 1 aliphatic carbocycles. The smallest absolute Gasteiger partial charge is 0.263 e. The van der Waals surface area contributed by atoms with Gasteiger partial charge in [-0.3, -0.25) is 9.69 Å². The minimum Gasteiger partial charge on any atom is -0.340 e. The Bertz CT molecular complexity index is 275. The van der Waals surface area contributed by atoms with Crippen molar-refractivity contribution in [3.8, 4) is 0 Å². The molecule has 2 fully saturated rings. The summed E-state index contributed by atoms with van der Waals surface area (Å²) in [7, 11) is 0. The van der Waals surface area contributed by atoms with Gasteiger partial charge in [-0.25, -0.2) is 8.78 Å². The highest BCUT2D eigenvalue weighted by Gasteiger charge is 2.47. The van der Waals surface area contributed by atoms with Crippen molar-refractivity contribution in [1.29, 1.82) is 0 Å². The van der Waals surface area contributed by atoms with Crippen LogP contribution in [0.4, 0.5) is 8.78 Å². The van der Waals surface area contributed by atoms with Gasteiger partial charge >= 0.3 is 0 Å². The zero-order chi connectivity index (χ0) is 11.8. The van der Waals surface area contributed by atoms with Crippen LogP contribution in [-0.4, -0.2) is 53.9 Å². The zero-order valence-electron chi connectivity index (χ0n) is 9.59. The Kier molecular flexibility index (Phi) is 3.15. The maximum Gasteiger partial charge on any atom is 0.263 e. The second kappa shape index (κ2) is 4.28. The average Bonchev–Trinajstić information content (AvgIpc) is 2.58. The molecule has 3 nitrogen and oxygen atoms in total. The van der Waals surface area contributed by atoms with E-state index in [1.54, 1.807) is 4.90 Å². The van der Waals surface area contributed by atoms with E-state index in [1.165, 1.54) is 6.92 Å². The average molecular weight is 232 g/mol. The lowest BCUT2D eigenvalue weighted by Gasteiger charge is -2.39. The summed E-state index contributed by atoms with van der Waals surface area (Å²) in [5, 5.41) is 0. The highest BCUT2D eigenvalue weighted by Crippen LogP contribution is 2.38. The highest BCUT2D eigenvalue weighted by molar-refractivity contribution is 5.73. The van der Waals surface area contributed by atoms with Crippen LogP contribution in [0.15, 0.2) is 0 Å². The third kappa shape index (κ3) is 2.19. The lowest BCUT2D eigenvalue weighted by atomic mass is 10.1. The van der Waals surface area contributed by atoms with Crippen LogP contribution in [0, 0.1) is 0 Å². The molecule has 92 valence electrons. The van der Waals surface area contributed by atoms with E-state index in [1.807, 2.05) is 4.90 Å². The van der Waals surface area contributed by atoms with Gasteiger partial charge in [-0.1, -0.05) is 0 Å². The van der Waals surface area contributed by atoms with Crippen LogP contribution in [0.5, 0.6) is 0 Å². The van der Waals surface area contributed by atoms with Crippen molar-refractivity contribution in [2.24, 2.45) is 0 Å². The molecule has 1 saturated carbocycles. The summed E-state index contributed by atoms with van der Waals surface area (Å²) in [6, 6.07) is -0.596. The van der Waals surface area contributed by atoms with Gasteiger partial charge in [-0.2, -0.15) is 0 Å². The van der Waals surface area contributed by atoms with Crippen LogP contribution >= 0.6 is 0 Å². The summed E-state index contributed by atoms with van der Waals surface area (Å²) in [5.74, 6) is -2.49. The van der Waals surface area contributed by atoms with Crippen LogP contribution in [-0.2, 0) is 4.79 Å². The van der Waals surface area contributed by atoms with Crippen molar-refractivity contribution in [2.45, 2.75) is 38.2 Å². The molecule has 16 heavy (non-hydrogen) atoms. The topological polar surface area (TPSA) is 23.6 Å². The van der Waals surface area contributed by atoms with Crippen molar-refractivity contribution >= 4 is 5.91 Å². The first-order valence-corrected chi connectivity index (χ1v) is 5.88. The van der Waals surface area contributed by atoms with Gasteiger partial charge in [0.25, 0.3) is 5.92 Å². The summed E-state index contributed by atoms with van der Waals surface area (Å²) in [5.41, 5.74) is 0. The fourth-order valence-corrected chi connectivity index (χ4v) is 2.71. The SMILES string of the molecule is CC(=O)N1CCN(C2CCCC2(F)F)CC1. The molecule has 0 spiro atoms. The molecule has 1 atom stereocenters. The number of rotatable bonds is 1. The third-order valence-electron chi connectivity index (χ3n) is 3.68. The lowest BCUT2D eigenvalue weighted by molar-refractivity contribution is -0.132. The normalized spacial score (nSPS) is 30.7. The zero-order valence-corrected chi connectivity index (χ0v) is 9.59. The van der Waals surface area contributed by atoms with Crippen LogP contribution in [0.1, 0.15) is 26.2 Å². The molecule has 5 heteroatoms. The van der Waals surface area contributed by atoms with Crippen molar-refractivity contribution in [3.63, 3.8) is 0 Å². The Hall–Kier alpha value is -0.710. The van der Waals surface area contributed by atoms with Crippen molar-refractivity contribution in [2.75, 3.05) is 26.2 Å². The third-order valence-corrected chi connectivity index (χ3v) is 3.68. The molecule has 0 radical (unpaired) electrons. The minimum absolute atomic E-state index is 0.0184. The number of hydrogen-bond donors (Lipinski definition) is 0. The summed E-state index contributed by atoms with van der Waals surface area (Å²) in [6.07, 6.45) is 1.22.